The van der Waals surface area contributed by atoms with Gasteiger partial charge in [0.2, 0.25) is 0 Å². The van der Waals surface area contributed by atoms with Crippen molar-refractivity contribution in [1.82, 2.24) is 0 Å². The van der Waals surface area contributed by atoms with Crippen molar-refractivity contribution in [3.63, 3.8) is 0 Å². The van der Waals surface area contributed by atoms with Crippen LogP contribution in [0.2, 0.25) is 0 Å². The van der Waals surface area contributed by atoms with E-state index in [4.69, 9.17) is 0 Å². The topological polar surface area (TPSA) is 0 Å². The molecule has 116 valence electrons. The zero-order chi connectivity index (χ0) is 16.5. The number of hydrogen-bond acceptors (Lipinski definition) is 0. The molecule has 3 rings (SSSR count). The van der Waals surface area contributed by atoms with Gasteiger partial charge in [0.1, 0.15) is 0 Å². The van der Waals surface area contributed by atoms with Crippen molar-refractivity contribution in [3.8, 4) is 0 Å². The fraction of sp³-hybridized carbons (Fsp3) is 0. The van der Waals surface area contributed by atoms with Crippen LogP contribution in [0.15, 0.2) is 144 Å². The zero-order valence-corrected chi connectivity index (χ0v) is 13.5. The van der Waals surface area contributed by atoms with Gasteiger partial charge in [0.25, 0.3) is 0 Å². The van der Waals surface area contributed by atoms with Crippen LogP contribution in [0.1, 0.15) is 0 Å². The molecule has 0 amide bonds. The van der Waals surface area contributed by atoms with Crippen molar-refractivity contribution < 1.29 is 0 Å². The van der Waals surface area contributed by atoms with Crippen molar-refractivity contribution in [1.29, 1.82) is 0 Å². The van der Waals surface area contributed by atoms with Crippen molar-refractivity contribution in [2.45, 2.75) is 0 Å². The predicted octanol–water partition coefficient (Wildman–Crippen LogP) is 6.18. The highest BCUT2D eigenvalue weighted by atomic mass is 14.1. The molecule has 0 fully saturated rings. The maximum atomic E-state index is 2.15. The molecule has 0 aromatic rings. The third-order valence-electron chi connectivity index (χ3n) is 3.76. The van der Waals surface area contributed by atoms with Gasteiger partial charge >= 0.3 is 0 Å². The van der Waals surface area contributed by atoms with E-state index < -0.39 is 0 Å². The van der Waals surface area contributed by atoms with Crippen LogP contribution >= 0.6 is 0 Å². The summed E-state index contributed by atoms with van der Waals surface area (Å²) in [5.74, 6) is 0. The summed E-state index contributed by atoms with van der Waals surface area (Å²) in [5, 5.41) is 0. The van der Waals surface area contributed by atoms with Crippen molar-refractivity contribution in [2.24, 2.45) is 0 Å². The minimum atomic E-state index is 1.20. The van der Waals surface area contributed by atoms with E-state index in [1.165, 1.54) is 22.3 Å². The fourth-order valence-corrected chi connectivity index (χ4v) is 2.52. The van der Waals surface area contributed by atoms with Gasteiger partial charge in [-0.1, -0.05) is 122 Å². The Morgan fingerprint density at radius 3 is 1.00 bits per heavy atom. The standard InChI is InChI=1S/C24H20/c1-3-7-13-21(14-8-4-1)23-17-11-19-24(20-12-18-23)22-15-9-5-2-6-10-16-22/h1-20H/b3-1-,4-1?,5-2-,6-2?,7-3?,8-4-,9-5?,10-6-,13-7-,14-8?,15-9-,16-10?,17-11-,18-12?,19-11?,20-12-,21-13?,21-14+,22-15?,22-16+,23-17?,23-18+,24-19+,24-20?. The van der Waals surface area contributed by atoms with Crippen LogP contribution < -0.4 is 0 Å². The highest BCUT2D eigenvalue weighted by Gasteiger charge is 2.01. The molecule has 0 aromatic carbocycles. The lowest BCUT2D eigenvalue weighted by molar-refractivity contribution is 1.48. The average Bonchev–Trinajstić information content (AvgIpc) is 2.48. The normalized spacial score (nSPS) is 38.7. The van der Waals surface area contributed by atoms with E-state index in [1.54, 1.807) is 0 Å². The van der Waals surface area contributed by atoms with Gasteiger partial charge < -0.3 is 0 Å². The first-order valence-electron chi connectivity index (χ1n) is 8.14. The molecule has 3 aliphatic rings. The summed E-state index contributed by atoms with van der Waals surface area (Å²) >= 11 is 0. The van der Waals surface area contributed by atoms with Gasteiger partial charge in [-0.15, -0.1) is 0 Å². The summed E-state index contributed by atoms with van der Waals surface area (Å²) in [6, 6.07) is 0. The maximum Gasteiger partial charge on any atom is -0.0184 e. The molecule has 0 aliphatic heterocycles. The largest absolute Gasteiger partial charge is 0.0623 e. The summed E-state index contributed by atoms with van der Waals surface area (Å²) in [4.78, 5) is 0. The molecule has 0 aromatic heterocycles. The molecule has 0 nitrogen and oxygen atoms in total. The van der Waals surface area contributed by atoms with E-state index in [2.05, 4.69) is 85.1 Å². The van der Waals surface area contributed by atoms with Gasteiger partial charge in [0.15, 0.2) is 0 Å². The number of allylic oxidation sites excluding steroid dienone is 24. The highest BCUT2D eigenvalue weighted by Crippen LogP contribution is 2.21. The van der Waals surface area contributed by atoms with Crippen molar-refractivity contribution in [3.05, 3.63) is 144 Å². The van der Waals surface area contributed by atoms with Crippen LogP contribution in [0.4, 0.5) is 0 Å². The first-order valence-corrected chi connectivity index (χ1v) is 8.14. The summed E-state index contributed by atoms with van der Waals surface area (Å²) in [7, 11) is 0. The Balaban J connectivity index is 1.83. The Morgan fingerprint density at radius 2 is 0.542 bits per heavy atom. The zero-order valence-electron chi connectivity index (χ0n) is 13.5. The second-order valence-corrected chi connectivity index (χ2v) is 5.46. The monoisotopic (exact) mass is 308 g/mol. The maximum absolute atomic E-state index is 2.15. The lowest BCUT2D eigenvalue weighted by Crippen LogP contribution is -1.88. The minimum Gasteiger partial charge on any atom is -0.0623 e. The Morgan fingerprint density at radius 1 is 0.250 bits per heavy atom. The molecule has 0 saturated carbocycles. The quantitative estimate of drug-likeness (QED) is 0.571. The Hall–Kier alpha value is -3.12. The van der Waals surface area contributed by atoms with Crippen molar-refractivity contribution in [2.75, 3.05) is 0 Å². The van der Waals surface area contributed by atoms with E-state index in [9.17, 15) is 0 Å². The van der Waals surface area contributed by atoms with Crippen LogP contribution in [0, 0.1) is 0 Å². The van der Waals surface area contributed by atoms with E-state index in [0.29, 0.717) is 0 Å². The van der Waals surface area contributed by atoms with Gasteiger partial charge in [-0.25, -0.2) is 0 Å². The van der Waals surface area contributed by atoms with Gasteiger partial charge in [0.05, 0.1) is 0 Å². The van der Waals surface area contributed by atoms with E-state index in [1.807, 2.05) is 36.5 Å². The van der Waals surface area contributed by atoms with Gasteiger partial charge in [-0.3, -0.25) is 0 Å². The Labute approximate surface area is 144 Å². The molecule has 0 unspecified atom stereocenters. The summed E-state index contributed by atoms with van der Waals surface area (Å²) in [5.41, 5.74) is 4.79. The molecule has 0 heterocycles. The molecule has 0 N–H and O–H groups in total. The molecule has 0 heteroatoms. The second-order valence-electron chi connectivity index (χ2n) is 5.46. The molecule has 3 aliphatic carbocycles. The SMILES string of the molecule is C1=C\C=C/C(C2=C/C=C\C(C3=C\C=C/C=C\C=C/3)=C/C=C\2)=C\C=C/1. The van der Waals surface area contributed by atoms with Gasteiger partial charge in [-0.2, -0.15) is 0 Å². The smallest absolute Gasteiger partial charge is 0.0184 e. The molecule has 0 bridgehead atoms. The molecule has 0 saturated heterocycles. The van der Waals surface area contributed by atoms with E-state index in [0.717, 1.165) is 0 Å². The third-order valence-corrected chi connectivity index (χ3v) is 3.76. The van der Waals surface area contributed by atoms with Gasteiger partial charge in [-0.05, 0) is 22.3 Å². The summed E-state index contributed by atoms with van der Waals surface area (Å²) < 4.78 is 0. The third kappa shape index (κ3) is 4.44. The van der Waals surface area contributed by atoms with Crippen LogP contribution in [0.3, 0.4) is 0 Å². The second kappa shape index (κ2) is 8.50. The Bertz CT molecular complexity index is 760. The molecule has 0 radical (unpaired) electrons. The molecule has 0 atom stereocenters. The first-order chi connectivity index (χ1) is 11.9. The van der Waals surface area contributed by atoms with E-state index >= 15 is 0 Å². The number of hydrogen-bond donors (Lipinski definition) is 0. The fourth-order valence-electron chi connectivity index (χ4n) is 2.52. The van der Waals surface area contributed by atoms with Crippen LogP contribution in [-0.2, 0) is 0 Å². The van der Waals surface area contributed by atoms with Crippen LogP contribution in [0.25, 0.3) is 0 Å². The lowest BCUT2D eigenvalue weighted by atomic mass is 9.98. The predicted molar refractivity (Wildman–Crippen MR) is 105 cm³/mol. The highest BCUT2D eigenvalue weighted by molar-refractivity contribution is 5.56. The average molecular weight is 308 g/mol. The first kappa shape index (κ1) is 15.8. The molecule has 0 spiro atoms. The molecule has 24 heavy (non-hydrogen) atoms. The van der Waals surface area contributed by atoms with Crippen LogP contribution in [-0.4, -0.2) is 0 Å². The minimum absolute atomic E-state index is 1.20. The molecular formula is C24H20. The Kier molecular flexibility index (Phi) is 5.58. The van der Waals surface area contributed by atoms with Crippen LogP contribution in [0.5, 0.6) is 0 Å². The molecular weight excluding hydrogens is 288 g/mol. The summed E-state index contributed by atoms with van der Waals surface area (Å²) in [6.07, 6.45) is 41.9. The van der Waals surface area contributed by atoms with E-state index in [-0.39, 0.29) is 0 Å². The van der Waals surface area contributed by atoms with Crippen molar-refractivity contribution >= 4 is 0 Å². The van der Waals surface area contributed by atoms with Gasteiger partial charge in [0, 0.05) is 0 Å². The lowest BCUT2D eigenvalue weighted by Gasteiger charge is -2.07. The number of rotatable bonds is 2. The summed E-state index contributed by atoms with van der Waals surface area (Å²) in [6.45, 7) is 0.